The largest absolute Gasteiger partial charge is 0.310 e. The maximum Gasteiger partial charge on any atom is 0.195 e. The highest BCUT2D eigenvalue weighted by atomic mass is 15.2. The Kier molecular flexibility index (Phi) is 6.85. The number of pyridine rings is 1. The molecule has 3 heterocycles. The zero-order valence-corrected chi connectivity index (χ0v) is 28.2. The number of rotatable bonds is 4. The van der Waals surface area contributed by atoms with E-state index in [1.54, 1.807) is 6.07 Å². The summed E-state index contributed by atoms with van der Waals surface area (Å²) in [4.78, 5) is 14.2. The summed E-state index contributed by atoms with van der Waals surface area (Å²) >= 11 is 0. The zero-order chi connectivity index (χ0) is 34.7. The van der Waals surface area contributed by atoms with E-state index in [4.69, 9.17) is 13.1 Å². The molecule has 0 bridgehead atoms. The number of hydrogen-bond donors (Lipinski definition) is 0. The minimum Gasteiger partial charge on any atom is -0.310 e. The van der Waals surface area contributed by atoms with E-state index in [1.165, 1.54) is 11.1 Å². The first-order valence-electron chi connectivity index (χ1n) is 16.9. The highest BCUT2D eigenvalue weighted by Crippen LogP contribution is 2.52. The van der Waals surface area contributed by atoms with Crippen molar-refractivity contribution in [1.82, 2.24) is 9.55 Å². The Hall–Kier alpha value is -6.95. The molecule has 0 N–H and O–H groups in total. The second-order valence-corrected chi connectivity index (χ2v) is 13.5. The fourth-order valence-corrected chi connectivity index (χ4v) is 7.91. The summed E-state index contributed by atoms with van der Waals surface area (Å²) in [6, 6.07) is 48.8. The zero-order valence-electron chi connectivity index (χ0n) is 28.2. The van der Waals surface area contributed by atoms with Crippen LogP contribution in [0.3, 0.4) is 0 Å². The number of hydrogen-bond acceptors (Lipinski definition) is 2. The average molecular weight is 654 g/mol. The van der Waals surface area contributed by atoms with Gasteiger partial charge in [-0.2, -0.15) is 0 Å². The van der Waals surface area contributed by atoms with Crippen LogP contribution >= 0.6 is 0 Å². The standard InChI is InChI=1S/C46H31N5/c1-46(2)38-16-8-11-19-44(38)51(45-20-12-9-17-39(45)46)33-26-31(35-14-6-5-13-34(35)30-21-22-40(47-3)41(27-30)48-4)25-32(28-33)50-42-18-10-7-15-36(42)37-29-49-24-23-43(37)50/h5-29H,1-2H3. The Morgan fingerprint density at radius 2 is 1.16 bits per heavy atom. The first-order chi connectivity index (χ1) is 25.0. The van der Waals surface area contributed by atoms with Gasteiger partial charge in [0, 0.05) is 40.0 Å². The monoisotopic (exact) mass is 653 g/mol. The SMILES string of the molecule is [C-]#[N+]c1ccc(-c2ccccc2-c2cc(N3c4ccccc4C(C)(C)c4ccccc43)cc(-n3c4ccccc4c4cnccc43)c2)cc1[N+]#[C-]. The number of aromatic nitrogens is 2. The highest BCUT2D eigenvalue weighted by molar-refractivity contribution is 6.09. The van der Waals surface area contributed by atoms with Gasteiger partial charge in [-0.3, -0.25) is 14.7 Å². The van der Waals surface area contributed by atoms with Gasteiger partial charge < -0.3 is 9.47 Å². The van der Waals surface area contributed by atoms with Crippen molar-refractivity contribution in [2.45, 2.75) is 19.3 Å². The fraction of sp³-hybridized carbons (Fsp3) is 0.0652. The Morgan fingerprint density at radius 3 is 1.88 bits per heavy atom. The number of anilines is 3. The number of benzene rings is 6. The summed E-state index contributed by atoms with van der Waals surface area (Å²) in [5.41, 5.74) is 13.6. The second kappa shape index (κ2) is 11.6. The quantitative estimate of drug-likeness (QED) is 0.177. The van der Waals surface area contributed by atoms with Crippen LogP contribution in [0.15, 0.2) is 152 Å². The van der Waals surface area contributed by atoms with Crippen molar-refractivity contribution in [3.63, 3.8) is 0 Å². The summed E-state index contributed by atoms with van der Waals surface area (Å²) in [6.07, 6.45) is 3.81. The van der Waals surface area contributed by atoms with E-state index in [0.29, 0.717) is 11.4 Å². The molecule has 0 radical (unpaired) electrons. The van der Waals surface area contributed by atoms with Gasteiger partial charge in [-0.25, -0.2) is 0 Å². The van der Waals surface area contributed by atoms with E-state index in [9.17, 15) is 0 Å². The van der Waals surface area contributed by atoms with Crippen LogP contribution in [-0.4, -0.2) is 9.55 Å². The third kappa shape index (κ3) is 4.64. The van der Waals surface area contributed by atoms with Gasteiger partial charge in [0.2, 0.25) is 0 Å². The molecule has 0 saturated heterocycles. The Balaban J connectivity index is 1.37. The van der Waals surface area contributed by atoms with Crippen LogP contribution in [0.2, 0.25) is 0 Å². The van der Waals surface area contributed by atoms with Gasteiger partial charge in [0.15, 0.2) is 11.4 Å². The molecule has 0 unspecified atom stereocenters. The normalized spacial score (nSPS) is 13.0. The molecule has 9 rings (SSSR count). The Morgan fingerprint density at radius 1 is 0.549 bits per heavy atom. The first-order valence-corrected chi connectivity index (χ1v) is 16.9. The molecule has 0 amide bonds. The number of nitrogens with zero attached hydrogens (tertiary/aromatic N) is 5. The molecule has 1 aliphatic rings. The number of fused-ring (bicyclic) bond motifs is 5. The van der Waals surface area contributed by atoms with Crippen LogP contribution in [-0.2, 0) is 5.41 Å². The van der Waals surface area contributed by atoms with Crippen molar-refractivity contribution in [3.05, 3.63) is 186 Å². The van der Waals surface area contributed by atoms with E-state index in [-0.39, 0.29) is 5.41 Å². The van der Waals surface area contributed by atoms with Crippen LogP contribution in [0, 0.1) is 13.1 Å². The third-order valence-electron chi connectivity index (χ3n) is 10.3. The van der Waals surface area contributed by atoms with Crippen molar-refractivity contribution in [1.29, 1.82) is 0 Å². The van der Waals surface area contributed by atoms with Gasteiger partial charge in [0.1, 0.15) is 0 Å². The molecule has 51 heavy (non-hydrogen) atoms. The lowest BCUT2D eigenvalue weighted by atomic mass is 9.73. The number of para-hydroxylation sites is 3. The van der Waals surface area contributed by atoms with Crippen LogP contribution in [0.1, 0.15) is 25.0 Å². The molecular weight excluding hydrogens is 623 g/mol. The fourth-order valence-electron chi connectivity index (χ4n) is 7.91. The molecule has 1 aliphatic heterocycles. The van der Waals surface area contributed by atoms with Crippen molar-refractivity contribution >= 4 is 50.2 Å². The minimum absolute atomic E-state index is 0.186. The van der Waals surface area contributed by atoms with Crippen molar-refractivity contribution in [2.75, 3.05) is 4.90 Å². The summed E-state index contributed by atoms with van der Waals surface area (Å²) < 4.78 is 2.34. The Bertz CT molecular complexity index is 2670. The second-order valence-electron chi connectivity index (χ2n) is 13.5. The lowest BCUT2D eigenvalue weighted by Gasteiger charge is -2.42. The lowest BCUT2D eigenvalue weighted by molar-refractivity contribution is 0.632. The lowest BCUT2D eigenvalue weighted by Crippen LogP contribution is -2.30. The van der Waals surface area contributed by atoms with Crippen molar-refractivity contribution < 1.29 is 0 Å². The van der Waals surface area contributed by atoms with Gasteiger partial charge in [-0.1, -0.05) is 111 Å². The molecule has 5 heteroatoms. The molecule has 240 valence electrons. The highest BCUT2D eigenvalue weighted by Gasteiger charge is 2.36. The van der Waals surface area contributed by atoms with E-state index >= 15 is 0 Å². The summed E-state index contributed by atoms with van der Waals surface area (Å²) in [7, 11) is 0. The van der Waals surface area contributed by atoms with E-state index in [0.717, 1.165) is 66.8 Å². The maximum absolute atomic E-state index is 7.76. The van der Waals surface area contributed by atoms with Gasteiger partial charge in [0.05, 0.1) is 35.6 Å². The summed E-state index contributed by atoms with van der Waals surface area (Å²) in [5, 5.41) is 2.25. The Labute approximate surface area is 297 Å². The topological polar surface area (TPSA) is 29.8 Å². The molecule has 0 aliphatic carbocycles. The summed E-state index contributed by atoms with van der Waals surface area (Å²) in [6.45, 7) is 19.9. The van der Waals surface area contributed by atoms with Gasteiger partial charge >= 0.3 is 0 Å². The van der Waals surface area contributed by atoms with E-state index < -0.39 is 0 Å². The van der Waals surface area contributed by atoms with Crippen molar-refractivity contribution in [2.24, 2.45) is 0 Å². The molecule has 5 nitrogen and oxygen atoms in total. The van der Waals surface area contributed by atoms with Crippen LogP contribution < -0.4 is 4.90 Å². The van der Waals surface area contributed by atoms with Crippen molar-refractivity contribution in [3.8, 4) is 27.9 Å². The van der Waals surface area contributed by atoms with Gasteiger partial charge in [-0.05, 0) is 75.8 Å². The van der Waals surface area contributed by atoms with Crippen LogP contribution in [0.25, 0.3) is 59.4 Å². The average Bonchev–Trinajstić information content (AvgIpc) is 3.52. The molecule has 0 spiro atoms. The smallest absolute Gasteiger partial charge is 0.195 e. The van der Waals surface area contributed by atoms with E-state index in [1.807, 2.05) is 30.6 Å². The minimum atomic E-state index is -0.186. The third-order valence-corrected chi connectivity index (χ3v) is 10.3. The molecule has 8 aromatic rings. The molecule has 2 aromatic heterocycles. The maximum atomic E-state index is 7.76. The predicted octanol–water partition coefficient (Wildman–Crippen LogP) is 12.7. The molecule has 0 saturated carbocycles. The van der Waals surface area contributed by atoms with Crippen LogP contribution in [0.4, 0.5) is 28.4 Å². The molecule has 6 aromatic carbocycles. The summed E-state index contributed by atoms with van der Waals surface area (Å²) in [5.74, 6) is 0. The predicted molar refractivity (Wildman–Crippen MR) is 209 cm³/mol. The molecular formula is C46H31N5. The van der Waals surface area contributed by atoms with Gasteiger partial charge in [-0.15, -0.1) is 0 Å². The first kappa shape index (κ1) is 30.1. The van der Waals surface area contributed by atoms with Gasteiger partial charge in [0.25, 0.3) is 0 Å². The van der Waals surface area contributed by atoms with Crippen LogP contribution in [0.5, 0.6) is 0 Å². The molecule has 0 atom stereocenters. The molecule has 0 fully saturated rings. The van der Waals surface area contributed by atoms with E-state index in [2.05, 4.69) is 153 Å².